The van der Waals surface area contributed by atoms with Crippen molar-refractivity contribution in [2.75, 3.05) is 5.43 Å². The van der Waals surface area contributed by atoms with E-state index in [9.17, 15) is 0 Å². The Bertz CT molecular complexity index is 484. The molecule has 0 spiro atoms. The molecule has 6 nitrogen and oxygen atoms in total. The van der Waals surface area contributed by atoms with Gasteiger partial charge < -0.3 is 11.5 Å². The van der Waals surface area contributed by atoms with Crippen LogP contribution < -0.4 is 16.9 Å². The molecule has 1 saturated heterocycles. The van der Waals surface area contributed by atoms with Crippen LogP contribution in [0.3, 0.4) is 0 Å². The first-order chi connectivity index (χ1) is 8.06. The molecule has 0 aromatic heterocycles. The molecule has 4 rings (SSSR count). The van der Waals surface area contributed by atoms with Crippen molar-refractivity contribution in [3.63, 3.8) is 0 Å². The van der Waals surface area contributed by atoms with E-state index in [4.69, 9.17) is 34.7 Å². The van der Waals surface area contributed by atoms with Gasteiger partial charge in [-0.25, -0.2) is 0 Å². The maximum Gasteiger partial charge on any atom is 0.147 e. The number of hydrogen-bond donors (Lipinski definition) is 3. The summed E-state index contributed by atoms with van der Waals surface area (Å²) in [6, 6.07) is 5.06. The first-order valence-corrected chi connectivity index (χ1v) is 5.72. The first kappa shape index (κ1) is 10.9. The van der Waals surface area contributed by atoms with Gasteiger partial charge in [0.1, 0.15) is 18.0 Å². The lowest BCUT2D eigenvalue weighted by molar-refractivity contribution is -0.143. The molecule has 1 aromatic carbocycles. The molecule has 0 saturated carbocycles. The van der Waals surface area contributed by atoms with Crippen molar-refractivity contribution in [1.29, 1.82) is 0 Å². The number of hydrogen-bond acceptors (Lipinski definition) is 6. The van der Waals surface area contributed by atoms with E-state index in [0.717, 1.165) is 5.69 Å². The molecule has 0 amide bonds. The molecule has 8 heteroatoms. The molecule has 1 aromatic rings. The number of amidine groups is 1. The minimum Gasteiger partial charge on any atom is -0.384 e. The Morgan fingerprint density at radius 2 is 1.88 bits per heavy atom. The molecule has 90 valence electrons. The van der Waals surface area contributed by atoms with Crippen molar-refractivity contribution in [2.45, 2.75) is 12.2 Å². The Balaban J connectivity index is 1.78. The number of halogens is 2. The number of rotatable bonds is 2. The fourth-order valence-corrected chi connectivity index (χ4v) is 2.46. The van der Waals surface area contributed by atoms with E-state index >= 15 is 0 Å². The molecule has 5 N–H and O–H groups in total. The van der Waals surface area contributed by atoms with Crippen molar-refractivity contribution < 1.29 is 0 Å². The molecule has 2 unspecified atom stereocenters. The summed E-state index contributed by atoms with van der Waals surface area (Å²) in [5, 5.41) is 8.50. The van der Waals surface area contributed by atoms with Crippen LogP contribution in [-0.2, 0) is 0 Å². The predicted molar refractivity (Wildman–Crippen MR) is 67.1 cm³/mol. The van der Waals surface area contributed by atoms with Crippen LogP contribution >= 0.6 is 23.2 Å². The minimum absolute atomic E-state index is 0.118. The Kier molecular flexibility index (Phi) is 2.34. The number of nitrogens with zero attached hydrogens (tertiary/aromatic N) is 3. The van der Waals surface area contributed by atoms with E-state index in [1.807, 2.05) is 0 Å². The van der Waals surface area contributed by atoms with Crippen molar-refractivity contribution in [3.05, 3.63) is 28.2 Å². The highest BCUT2D eigenvalue weighted by molar-refractivity contribution is 6.35. The Labute approximate surface area is 108 Å². The van der Waals surface area contributed by atoms with Gasteiger partial charge in [0, 0.05) is 10.0 Å². The van der Waals surface area contributed by atoms with Crippen LogP contribution in [0.5, 0.6) is 0 Å². The van der Waals surface area contributed by atoms with Crippen molar-refractivity contribution >= 4 is 34.7 Å². The molecule has 1 fully saturated rings. The highest BCUT2D eigenvalue weighted by Crippen LogP contribution is 2.32. The fourth-order valence-electron chi connectivity index (χ4n) is 1.94. The maximum absolute atomic E-state index is 5.91. The van der Waals surface area contributed by atoms with E-state index in [0.29, 0.717) is 15.9 Å². The summed E-state index contributed by atoms with van der Waals surface area (Å²) < 4.78 is 0. The Morgan fingerprint density at radius 3 is 2.35 bits per heavy atom. The molecule has 3 heterocycles. The second-order valence-electron chi connectivity index (χ2n) is 3.90. The highest BCUT2D eigenvalue weighted by atomic mass is 35.5. The van der Waals surface area contributed by atoms with Gasteiger partial charge in [-0.3, -0.25) is 5.43 Å². The average molecular weight is 273 g/mol. The lowest BCUT2D eigenvalue weighted by atomic mass is 10.2. The topological polar surface area (TPSA) is 82.9 Å². The zero-order chi connectivity index (χ0) is 12.2. The van der Waals surface area contributed by atoms with Crippen molar-refractivity contribution in [2.24, 2.45) is 16.6 Å². The molecular formula is C9H10Cl2N6. The van der Waals surface area contributed by atoms with E-state index in [-0.39, 0.29) is 12.2 Å². The van der Waals surface area contributed by atoms with Crippen molar-refractivity contribution in [1.82, 2.24) is 10.2 Å². The summed E-state index contributed by atoms with van der Waals surface area (Å²) in [4.78, 5) is 0. The summed E-state index contributed by atoms with van der Waals surface area (Å²) in [7, 11) is 0. The fraction of sp³-hybridized carbons (Fsp3) is 0.222. The first-order valence-electron chi connectivity index (χ1n) is 4.97. The molecule has 3 aliphatic rings. The second-order valence-corrected chi connectivity index (χ2v) is 4.77. The summed E-state index contributed by atoms with van der Waals surface area (Å²) >= 11 is 11.8. The van der Waals surface area contributed by atoms with Crippen LogP contribution in [0.2, 0.25) is 10.0 Å². The Morgan fingerprint density at radius 1 is 1.24 bits per heavy atom. The van der Waals surface area contributed by atoms with Crippen molar-refractivity contribution in [3.8, 4) is 0 Å². The predicted octanol–water partition coefficient (Wildman–Crippen LogP) is 0.792. The zero-order valence-corrected chi connectivity index (χ0v) is 10.2. The Hall–Kier alpha value is -1.21. The number of nitrogens with two attached hydrogens (primary N) is 2. The number of hydrazine groups is 2. The molecule has 17 heavy (non-hydrogen) atoms. The largest absolute Gasteiger partial charge is 0.384 e. The normalized spacial score (nSPS) is 26.8. The highest BCUT2D eigenvalue weighted by Gasteiger charge is 2.53. The molecule has 0 aliphatic carbocycles. The molecule has 2 atom stereocenters. The van der Waals surface area contributed by atoms with Gasteiger partial charge >= 0.3 is 0 Å². The summed E-state index contributed by atoms with van der Waals surface area (Å²) in [6.45, 7) is 0. The van der Waals surface area contributed by atoms with Gasteiger partial charge in [-0.1, -0.05) is 23.2 Å². The van der Waals surface area contributed by atoms with E-state index in [1.165, 1.54) is 0 Å². The van der Waals surface area contributed by atoms with E-state index < -0.39 is 0 Å². The molecule has 0 radical (unpaired) electrons. The van der Waals surface area contributed by atoms with Crippen LogP contribution in [0.1, 0.15) is 0 Å². The standard InChI is InChI=1S/C9H10Cl2N6/c10-4-1-5(11)3-6(2-4)14-16-7-8(12)15-17(16)9(7)13/h1-3,7,9,14H,13H2,(H2,12,15). The third-order valence-corrected chi connectivity index (χ3v) is 3.14. The maximum atomic E-state index is 5.91. The van der Waals surface area contributed by atoms with Crippen LogP contribution in [0.25, 0.3) is 0 Å². The number of benzene rings is 1. The van der Waals surface area contributed by atoms with Crippen LogP contribution in [0.15, 0.2) is 23.3 Å². The monoisotopic (exact) mass is 272 g/mol. The smallest absolute Gasteiger partial charge is 0.147 e. The quantitative estimate of drug-likeness (QED) is 0.742. The number of nitrogens with one attached hydrogen (secondary N) is 1. The molecular weight excluding hydrogens is 263 g/mol. The van der Waals surface area contributed by atoms with Gasteiger partial charge in [-0.15, -0.1) is 10.2 Å². The number of hydrazone groups is 1. The lowest BCUT2D eigenvalue weighted by Gasteiger charge is -2.46. The SMILES string of the molecule is NC1=NN2C(N)C1N2Nc1cc(Cl)cc(Cl)c1. The molecule has 2 bridgehead atoms. The summed E-state index contributed by atoms with van der Waals surface area (Å²) in [5.41, 5.74) is 15.4. The minimum atomic E-state index is -0.197. The summed E-state index contributed by atoms with van der Waals surface area (Å²) in [6.07, 6.45) is -0.197. The van der Waals surface area contributed by atoms with Gasteiger partial charge in [0.05, 0.1) is 5.69 Å². The van der Waals surface area contributed by atoms with Crippen LogP contribution in [0, 0.1) is 0 Å². The number of anilines is 1. The zero-order valence-electron chi connectivity index (χ0n) is 8.64. The van der Waals surface area contributed by atoms with Gasteiger partial charge in [0.25, 0.3) is 0 Å². The van der Waals surface area contributed by atoms with Gasteiger partial charge in [0.15, 0.2) is 0 Å². The summed E-state index contributed by atoms with van der Waals surface area (Å²) in [5.74, 6) is 0.498. The van der Waals surface area contributed by atoms with E-state index in [2.05, 4.69) is 10.5 Å². The van der Waals surface area contributed by atoms with Crippen LogP contribution in [-0.4, -0.2) is 28.3 Å². The third kappa shape index (κ3) is 1.61. The van der Waals surface area contributed by atoms with Gasteiger partial charge in [-0.2, -0.15) is 5.12 Å². The van der Waals surface area contributed by atoms with Crippen LogP contribution in [0.4, 0.5) is 5.69 Å². The van der Waals surface area contributed by atoms with Gasteiger partial charge in [0.2, 0.25) is 0 Å². The van der Waals surface area contributed by atoms with E-state index in [1.54, 1.807) is 28.4 Å². The second kappa shape index (κ2) is 3.64. The third-order valence-electron chi connectivity index (χ3n) is 2.70. The average Bonchev–Trinajstić information content (AvgIpc) is 2.70. The lowest BCUT2D eigenvalue weighted by Crippen LogP contribution is -2.72. The van der Waals surface area contributed by atoms with Gasteiger partial charge in [-0.05, 0) is 18.2 Å². The molecule has 3 aliphatic heterocycles.